The molecule has 7 heteroatoms. The molecule has 2 aromatic carbocycles. The Labute approximate surface area is 183 Å². The van der Waals surface area contributed by atoms with Gasteiger partial charge in [0.15, 0.2) is 0 Å². The molecule has 5 nitrogen and oxygen atoms in total. The summed E-state index contributed by atoms with van der Waals surface area (Å²) in [7, 11) is -1.72. The number of hydrogen-bond acceptors (Lipinski definition) is 3. The number of rotatable bonds is 7. The average Bonchev–Trinajstić information content (AvgIpc) is 3.36. The van der Waals surface area contributed by atoms with Gasteiger partial charge >= 0.3 is 0 Å². The normalized spacial score (nSPS) is 19.7. The van der Waals surface area contributed by atoms with Crippen molar-refractivity contribution in [3.63, 3.8) is 0 Å². The van der Waals surface area contributed by atoms with Crippen LogP contribution < -0.4 is 0 Å². The minimum Gasteiger partial charge on any atom is -0.338 e. The first-order chi connectivity index (χ1) is 14.9. The van der Waals surface area contributed by atoms with Crippen LogP contribution in [0.25, 0.3) is 0 Å². The Kier molecular flexibility index (Phi) is 6.25. The molecule has 0 aliphatic carbocycles. The van der Waals surface area contributed by atoms with Crippen molar-refractivity contribution in [3.05, 3.63) is 83.7 Å². The standard InChI is InChI=1S/C24H28FN3O2S/c1-18-6-13-22(14-7-18)31(29,30)28-21(4-3-5-24-26-16-17-27(24)2)12-15-23(28)19-8-10-20(25)11-9-19/h6-11,13-14,16-17,21,23H,3-5,12,15H2,1-2H3. The minimum absolute atomic E-state index is 0.0957. The lowest BCUT2D eigenvalue weighted by Gasteiger charge is -2.30. The Balaban J connectivity index is 1.61. The van der Waals surface area contributed by atoms with Gasteiger partial charge in [-0.3, -0.25) is 0 Å². The van der Waals surface area contributed by atoms with Crippen LogP contribution in [0.5, 0.6) is 0 Å². The van der Waals surface area contributed by atoms with Gasteiger partial charge < -0.3 is 4.57 Å². The summed E-state index contributed by atoms with van der Waals surface area (Å²) < 4.78 is 44.5. The number of aryl methyl sites for hydroxylation is 3. The van der Waals surface area contributed by atoms with Gasteiger partial charge in [0.2, 0.25) is 10.0 Å². The first kappa shape index (κ1) is 21.7. The van der Waals surface area contributed by atoms with E-state index in [2.05, 4.69) is 4.98 Å². The average molecular weight is 442 g/mol. The fraction of sp³-hybridized carbons (Fsp3) is 0.375. The molecule has 0 radical (unpaired) electrons. The van der Waals surface area contributed by atoms with Crippen LogP contribution in [0.1, 0.15) is 48.7 Å². The van der Waals surface area contributed by atoms with Gasteiger partial charge in [-0.05, 0) is 62.4 Å². The van der Waals surface area contributed by atoms with Gasteiger partial charge in [0.1, 0.15) is 11.6 Å². The number of hydrogen-bond donors (Lipinski definition) is 0. The predicted molar refractivity (Wildman–Crippen MR) is 119 cm³/mol. The third kappa shape index (κ3) is 4.57. The molecule has 0 N–H and O–H groups in total. The van der Waals surface area contributed by atoms with E-state index in [9.17, 15) is 12.8 Å². The maximum atomic E-state index is 13.7. The van der Waals surface area contributed by atoms with Crippen LogP contribution in [-0.4, -0.2) is 28.3 Å². The molecule has 2 unspecified atom stereocenters. The number of halogens is 1. The third-order valence-corrected chi connectivity index (χ3v) is 8.13. The Morgan fingerprint density at radius 2 is 1.77 bits per heavy atom. The molecule has 1 fully saturated rings. The zero-order valence-electron chi connectivity index (χ0n) is 17.9. The van der Waals surface area contributed by atoms with Crippen LogP contribution in [0, 0.1) is 12.7 Å². The van der Waals surface area contributed by atoms with Crippen LogP contribution in [0.4, 0.5) is 4.39 Å². The summed E-state index contributed by atoms with van der Waals surface area (Å²) in [5.74, 6) is 0.683. The maximum Gasteiger partial charge on any atom is 0.243 e. The first-order valence-corrected chi connectivity index (χ1v) is 12.1. The third-order valence-electron chi connectivity index (χ3n) is 6.15. The highest BCUT2D eigenvalue weighted by Crippen LogP contribution is 2.42. The summed E-state index contributed by atoms with van der Waals surface area (Å²) in [5.41, 5.74) is 1.85. The second-order valence-corrected chi connectivity index (χ2v) is 10.1. The van der Waals surface area contributed by atoms with Crippen molar-refractivity contribution in [1.29, 1.82) is 0 Å². The van der Waals surface area contributed by atoms with Gasteiger partial charge in [-0.2, -0.15) is 4.31 Å². The van der Waals surface area contributed by atoms with Crippen molar-refractivity contribution in [2.75, 3.05) is 0 Å². The predicted octanol–water partition coefficient (Wildman–Crippen LogP) is 4.78. The zero-order chi connectivity index (χ0) is 22.0. The van der Waals surface area contributed by atoms with E-state index in [1.54, 1.807) is 34.8 Å². The van der Waals surface area contributed by atoms with E-state index in [1.165, 1.54) is 12.1 Å². The summed E-state index contributed by atoms with van der Waals surface area (Å²) in [6.07, 6.45) is 7.63. The molecule has 2 heterocycles. The van der Waals surface area contributed by atoms with E-state index in [-0.39, 0.29) is 17.9 Å². The highest BCUT2D eigenvalue weighted by Gasteiger charge is 2.42. The van der Waals surface area contributed by atoms with Crippen molar-refractivity contribution in [1.82, 2.24) is 13.9 Å². The monoisotopic (exact) mass is 441 g/mol. The van der Waals surface area contributed by atoms with Crippen molar-refractivity contribution in [2.45, 2.75) is 56.0 Å². The van der Waals surface area contributed by atoms with E-state index in [4.69, 9.17) is 0 Å². The van der Waals surface area contributed by atoms with Crippen LogP contribution in [0.15, 0.2) is 65.8 Å². The molecule has 1 aliphatic rings. The highest BCUT2D eigenvalue weighted by atomic mass is 32.2. The van der Waals surface area contributed by atoms with Crippen LogP contribution in [0.2, 0.25) is 0 Å². The van der Waals surface area contributed by atoms with Gasteiger partial charge in [0.05, 0.1) is 10.9 Å². The van der Waals surface area contributed by atoms with Crippen LogP contribution in [0.3, 0.4) is 0 Å². The molecule has 0 bridgehead atoms. The first-order valence-electron chi connectivity index (χ1n) is 10.7. The van der Waals surface area contributed by atoms with Gasteiger partial charge in [0, 0.05) is 31.9 Å². The van der Waals surface area contributed by atoms with Gasteiger partial charge in [-0.1, -0.05) is 29.8 Å². The molecule has 4 rings (SSSR count). The molecule has 1 saturated heterocycles. The summed E-state index contributed by atoms with van der Waals surface area (Å²) in [5, 5.41) is 0. The second kappa shape index (κ2) is 8.93. The molecule has 164 valence electrons. The van der Waals surface area contributed by atoms with Crippen LogP contribution in [-0.2, 0) is 23.5 Å². The van der Waals surface area contributed by atoms with E-state index in [0.717, 1.165) is 49.1 Å². The quantitative estimate of drug-likeness (QED) is 0.530. The Bertz CT molecular complexity index is 1120. The molecule has 31 heavy (non-hydrogen) atoms. The number of aromatic nitrogens is 2. The smallest absolute Gasteiger partial charge is 0.243 e. The number of imidazole rings is 1. The fourth-order valence-corrected chi connectivity index (χ4v) is 6.35. The molecule has 3 aromatic rings. The lowest BCUT2D eigenvalue weighted by atomic mass is 10.0. The largest absolute Gasteiger partial charge is 0.338 e. The van der Waals surface area contributed by atoms with E-state index >= 15 is 0 Å². The maximum absolute atomic E-state index is 13.7. The van der Waals surface area contributed by atoms with E-state index in [0.29, 0.717) is 4.90 Å². The van der Waals surface area contributed by atoms with Crippen molar-refractivity contribution < 1.29 is 12.8 Å². The van der Waals surface area contributed by atoms with Crippen LogP contribution >= 0.6 is 0 Å². The molecule has 2 atom stereocenters. The molecule has 0 saturated carbocycles. The molecule has 0 amide bonds. The fourth-order valence-electron chi connectivity index (χ4n) is 4.46. The number of benzene rings is 2. The van der Waals surface area contributed by atoms with Crippen molar-refractivity contribution >= 4 is 10.0 Å². The Morgan fingerprint density at radius 3 is 2.42 bits per heavy atom. The molecule has 0 spiro atoms. The summed E-state index contributed by atoms with van der Waals surface area (Å²) in [4.78, 5) is 4.68. The summed E-state index contributed by atoms with van der Waals surface area (Å²) >= 11 is 0. The Hall–Kier alpha value is -2.51. The zero-order valence-corrected chi connectivity index (χ0v) is 18.7. The molecule has 1 aliphatic heterocycles. The van der Waals surface area contributed by atoms with Gasteiger partial charge in [-0.25, -0.2) is 17.8 Å². The summed E-state index contributed by atoms with van der Waals surface area (Å²) in [6.45, 7) is 1.94. The topological polar surface area (TPSA) is 55.2 Å². The molecular formula is C24H28FN3O2S. The number of nitrogens with zero attached hydrogens (tertiary/aromatic N) is 3. The minimum atomic E-state index is -3.69. The van der Waals surface area contributed by atoms with Crippen molar-refractivity contribution in [2.24, 2.45) is 7.05 Å². The SMILES string of the molecule is Cc1ccc(S(=O)(=O)N2C(CCCc3nccn3C)CCC2c2ccc(F)cc2)cc1. The summed E-state index contributed by atoms with van der Waals surface area (Å²) in [6, 6.07) is 12.8. The lowest BCUT2D eigenvalue weighted by molar-refractivity contribution is 0.308. The van der Waals surface area contributed by atoms with Gasteiger partial charge in [0.25, 0.3) is 0 Å². The Morgan fingerprint density at radius 1 is 1.06 bits per heavy atom. The highest BCUT2D eigenvalue weighted by molar-refractivity contribution is 7.89. The molecule has 1 aromatic heterocycles. The van der Waals surface area contributed by atoms with E-state index in [1.807, 2.05) is 36.9 Å². The second-order valence-electron chi connectivity index (χ2n) is 8.29. The lowest BCUT2D eigenvalue weighted by Crippen LogP contribution is -2.37. The molecular weight excluding hydrogens is 413 g/mol. The van der Waals surface area contributed by atoms with Crippen molar-refractivity contribution in [3.8, 4) is 0 Å². The van der Waals surface area contributed by atoms with Gasteiger partial charge in [-0.15, -0.1) is 0 Å². The van der Waals surface area contributed by atoms with E-state index < -0.39 is 10.0 Å². The number of sulfonamides is 1.